The fourth-order valence-electron chi connectivity index (χ4n) is 1.41. The number of carbonyl (C=O) groups is 1. The van der Waals surface area contributed by atoms with Crippen molar-refractivity contribution in [3.05, 3.63) is 36.0 Å². The van der Waals surface area contributed by atoms with Gasteiger partial charge in [-0.3, -0.25) is 4.98 Å². The van der Waals surface area contributed by atoms with Gasteiger partial charge in [0.15, 0.2) is 0 Å². The second-order valence-corrected chi connectivity index (χ2v) is 3.13. The third-order valence-corrected chi connectivity index (χ3v) is 2.16. The number of methoxy groups -OCH3 is 1. The number of aromatic nitrogens is 1. The van der Waals surface area contributed by atoms with Gasteiger partial charge in [-0.2, -0.15) is 0 Å². The maximum Gasteiger partial charge on any atom is 0.339 e. The Hall–Kier alpha value is -2.10. The Kier molecular flexibility index (Phi) is 2.25. The minimum Gasteiger partial charge on any atom is -0.465 e. The molecule has 0 radical (unpaired) electrons. The van der Waals surface area contributed by atoms with Gasteiger partial charge < -0.3 is 10.5 Å². The summed E-state index contributed by atoms with van der Waals surface area (Å²) in [5.41, 5.74) is 7.46. The third kappa shape index (κ3) is 1.61. The lowest BCUT2D eigenvalue weighted by molar-refractivity contribution is 0.0600. The number of nitrogen functional groups attached to an aromatic ring is 1. The first kappa shape index (κ1) is 9.45. The van der Waals surface area contributed by atoms with Crippen molar-refractivity contribution >= 4 is 22.6 Å². The van der Waals surface area contributed by atoms with Crippen LogP contribution >= 0.6 is 0 Å². The van der Waals surface area contributed by atoms with E-state index in [9.17, 15) is 4.79 Å². The van der Waals surface area contributed by atoms with E-state index in [1.165, 1.54) is 13.3 Å². The predicted molar refractivity (Wildman–Crippen MR) is 57.5 cm³/mol. The molecule has 2 aromatic rings. The van der Waals surface area contributed by atoms with Gasteiger partial charge in [-0.05, 0) is 12.1 Å². The number of ether oxygens (including phenoxy) is 1. The zero-order chi connectivity index (χ0) is 10.8. The van der Waals surface area contributed by atoms with E-state index in [1.807, 2.05) is 12.1 Å². The van der Waals surface area contributed by atoms with Gasteiger partial charge in [-0.15, -0.1) is 0 Å². The number of pyridine rings is 1. The van der Waals surface area contributed by atoms with Crippen LogP contribution in [0.3, 0.4) is 0 Å². The molecule has 0 aliphatic rings. The van der Waals surface area contributed by atoms with E-state index < -0.39 is 5.97 Å². The van der Waals surface area contributed by atoms with Crippen LogP contribution in [0.1, 0.15) is 10.4 Å². The van der Waals surface area contributed by atoms with Crippen LogP contribution in [0.25, 0.3) is 10.9 Å². The van der Waals surface area contributed by atoms with Crippen LogP contribution < -0.4 is 5.73 Å². The van der Waals surface area contributed by atoms with Crippen molar-refractivity contribution in [1.29, 1.82) is 0 Å². The molecule has 1 aromatic carbocycles. The summed E-state index contributed by atoms with van der Waals surface area (Å²) < 4.78 is 4.61. The van der Waals surface area contributed by atoms with E-state index >= 15 is 0 Å². The summed E-state index contributed by atoms with van der Waals surface area (Å²) in [4.78, 5) is 15.4. The van der Waals surface area contributed by atoms with Crippen molar-refractivity contribution in [2.75, 3.05) is 12.8 Å². The van der Waals surface area contributed by atoms with E-state index in [-0.39, 0.29) is 0 Å². The topological polar surface area (TPSA) is 65.2 Å². The van der Waals surface area contributed by atoms with Gasteiger partial charge in [0, 0.05) is 11.6 Å². The number of esters is 1. The number of hydrogen-bond donors (Lipinski definition) is 1. The predicted octanol–water partition coefficient (Wildman–Crippen LogP) is 1.60. The monoisotopic (exact) mass is 202 g/mol. The minimum absolute atomic E-state index is 0.396. The molecule has 0 aliphatic carbocycles. The molecule has 0 saturated heterocycles. The van der Waals surface area contributed by atoms with Gasteiger partial charge >= 0.3 is 5.97 Å². The average molecular weight is 202 g/mol. The number of nitrogens with two attached hydrogens (primary N) is 1. The van der Waals surface area contributed by atoms with Gasteiger partial charge in [-0.1, -0.05) is 12.1 Å². The average Bonchev–Trinajstić information content (AvgIpc) is 2.28. The molecule has 0 bridgehead atoms. The second kappa shape index (κ2) is 3.57. The Morgan fingerprint density at radius 2 is 2.27 bits per heavy atom. The van der Waals surface area contributed by atoms with Crippen molar-refractivity contribution in [1.82, 2.24) is 4.98 Å². The van der Waals surface area contributed by atoms with Crippen LogP contribution in [0.4, 0.5) is 5.69 Å². The highest BCUT2D eigenvalue weighted by Crippen LogP contribution is 2.19. The van der Waals surface area contributed by atoms with Crippen molar-refractivity contribution in [2.24, 2.45) is 0 Å². The normalized spacial score (nSPS) is 10.2. The van der Waals surface area contributed by atoms with E-state index in [2.05, 4.69) is 9.72 Å². The number of nitrogens with zero attached hydrogens (tertiary/aromatic N) is 1. The maximum absolute atomic E-state index is 11.2. The van der Waals surface area contributed by atoms with Crippen molar-refractivity contribution in [3.63, 3.8) is 0 Å². The summed E-state index contributed by atoms with van der Waals surface area (Å²) >= 11 is 0. The number of carbonyl (C=O) groups excluding carboxylic acids is 1. The van der Waals surface area contributed by atoms with E-state index in [1.54, 1.807) is 12.1 Å². The first-order chi connectivity index (χ1) is 7.22. The number of rotatable bonds is 1. The molecule has 2 rings (SSSR count). The van der Waals surface area contributed by atoms with Crippen LogP contribution in [0, 0.1) is 0 Å². The van der Waals surface area contributed by atoms with E-state index in [0.29, 0.717) is 16.8 Å². The molecule has 76 valence electrons. The molecule has 1 aromatic heterocycles. The summed E-state index contributed by atoms with van der Waals surface area (Å²) in [5, 5.41) is 0.831. The first-order valence-electron chi connectivity index (χ1n) is 4.45. The summed E-state index contributed by atoms with van der Waals surface area (Å²) in [7, 11) is 1.34. The van der Waals surface area contributed by atoms with Gasteiger partial charge in [0.2, 0.25) is 0 Å². The fraction of sp³-hybridized carbons (Fsp3) is 0.0909. The van der Waals surface area contributed by atoms with Crippen LogP contribution in [0.5, 0.6) is 0 Å². The van der Waals surface area contributed by atoms with E-state index in [0.717, 1.165) is 5.39 Å². The van der Waals surface area contributed by atoms with Crippen molar-refractivity contribution < 1.29 is 9.53 Å². The summed E-state index contributed by atoms with van der Waals surface area (Å²) in [5.74, 6) is -0.396. The van der Waals surface area contributed by atoms with Crippen LogP contribution in [-0.2, 0) is 4.74 Å². The highest BCUT2D eigenvalue weighted by molar-refractivity contribution is 5.96. The molecule has 4 nitrogen and oxygen atoms in total. The molecule has 0 saturated carbocycles. The minimum atomic E-state index is -0.396. The fourth-order valence-corrected chi connectivity index (χ4v) is 1.41. The molecule has 0 unspecified atom stereocenters. The number of fused-ring (bicyclic) bond motifs is 1. The molecule has 0 amide bonds. The SMILES string of the molecule is COC(=O)c1cnc2c(N)cccc2c1. The summed E-state index contributed by atoms with van der Waals surface area (Å²) in [6.07, 6.45) is 1.46. The Labute approximate surface area is 86.7 Å². The maximum atomic E-state index is 11.2. The lowest BCUT2D eigenvalue weighted by Gasteiger charge is -2.03. The van der Waals surface area contributed by atoms with Crippen LogP contribution in [0.15, 0.2) is 30.5 Å². The lowest BCUT2D eigenvalue weighted by Crippen LogP contribution is -2.02. The molecule has 2 N–H and O–H groups in total. The van der Waals surface area contributed by atoms with Gasteiger partial charge in [-0.25, -0.2) is 4.79 Å². The largest absolute Gasteiger partial charge is 0.465 e. The molecule has 15 heavy (non-hydrogen) atoms. The third-order valence-electron chi connectivity index (χ3n) is 2.16. The molecule has 0 spiro atoms. The highest BCUT2D eigenvalue weighted by atomic mass is 16.5. The van der Waals surface area contributed by atoms with Crippen LogP contribution in [-0.4, -0.2) is 18.1 Å². The summed E-state index contributed by atoms with van der Waals surface area (Å²) in [6.45, 7) is 0. The molecule has 1 heterocycles. The molecular formula is C11H10N2O2. The van der Waals surface area contributed by atoms with Crippen LogP contribution in [0.2, 0.25) is 0 Å². The second-order valence-electron chi connectivity index (χ2n) is 3.13. The first-order valence-corrected chi connectivity index (χ1v) is 4.45. The van der Waals surface area contributed by atoms with Crippen molar-refractivity contribution in [2.45, 2.75) is 0 Å². The molecule has 0 aliphatic heterocycles. The standard InChI is InChI=1S/C11H10N2O2/c1-15-11(14)8-5-7-3-2-4-9(12)10(7)13-6-8/h2-6H,12H2,1H3. The Bertz CT molecular complexity index is 523. The number of hydrogen-bond acceptors (Lipinski definition) is 4. The number of anilines is 1. The molecule has 4 heteroatoms. The molecule has 0 fully saturated rings. The lowest BCUT2D eigenvalue weighted by atomic mass is 10.1. The number of para-hydroxylation sites is 1. The Balaban J connectivity index is 2.62. The Morgan fingerprint density at radius 1 is 1.47 bits per heavy atom. The van der Waals surface area contributed by atoms with Gasteiger partial charge in [0.1, 0.15) is 0 Å². The summed E-state index contributed by atoms with van der Waals surface area (Å²) in [6, 6.07) is 7.16. The van der Waals surface area contributed by atoms with Gasteiger partial charge in [0.25, 0.3) is 0 Å². The smallest absolute Gasteiger partial charge is 0.339 e. The quantitative estimate of drug-likeness (QED) is 0.563. The van der Waals surface area contributed by atoms with E-state index in [4.69, 9.17) is 5.73 Å². The number of benzene rings is 1. The zero-order valence-electron chi connectivity index (χ0n) is 8.23. The molecular weight excluding hydrogens is 192 g/mol. The Morgan fingerprint density at radius 3 is 3.00 bits per heavy atom. The zero-order valence-corrected chi connectivity index (χ0v) is 8.23. The molecule has 0 atom stereocenters. The van der Waals surface area contributed by atoms with Gasteiger partial charge in [0.05, 0.1) is 23.9 Å². The van der Waals surface area contributed by atoms with Crippen molar-refractivity contribution in [3.8, 4) is 0 Å². The highest BCUT2D eigenvalue weighted by Gasteiger charge is 2.07.